The van der Waals surface area contributed by atoms with Crippen LogP contribution < -0.4 is 14.2 Å². The molecule has 0 radical (unpaired) electrons. The van der Waals surface area contributed by atoms with Gasteiger partial charge in [0, 0.05) is 13.1 Å². The van der Waals surface area contributed by atoms with Gasteiger partial charge in [-0.25, -0.2) is 0 Å². The number of carbonyl (C=O) groups excluding carboxylic acids is 1. The highest BCUT2D eigenvalue weighted by molar-refractivity contribution is 5.72. The van der Waals surface area contributed by atoms with Crippen molar-refractivity contribution in [1.29, 1.82) is 0 Å². The van der Waals surface area contributed by atoms with Gasteiger partial charge in [-0.2, -0.15) is 0 Å². The maximum atomic E-state index is 12.4. The Labute approximate surface area is 216 Å². The van der Waals surface area contributed by atoms with Gasteiger partial charge in [0.15, 0.2) is 11.5 Å². The Morgan fingerprint density at radius 2 is 1.53 bits per heavy atom. The number of nitrogens with zero attached hydrogens (tertiary/aromatic N) is 1. The van der Waals surface area contributed by atoms with Crippen LogP contribution in [0.1, 0.15) is 47.0 Å². The van der Waals surface area contributed by atoms with Crippen LogP contribution in [-0.2, 0) is 23.7 Å². The van der Waals surface area contributed by atoms with E-state index in [1.54, 1.807) is 14.2 Å². The van der Waals surface area contributed by atoms with E-state index in [0.717, 1.165) is 32.4 Å². The van der Waals surface area contributed by atoms with E-state index in [4.69, 9.17) is 33.2 Å². The first kappa shape index (κ1) is 30.2. The van der Waals surface area contributed by atoms with Gasteiger partial charge in [-0.05, 0) is 52.2 Å². The summed E-state index contributed by atoms with van der Waals surface area (Å²) in [5.74, 6) is 1.58. The first-order valence-electron chi connectivity index (χ1n) is 12.9. The quantitative estimate of drug-likeness (QED) is 0.228. The van der Waals surface area contributed by atoms with Crippen molar-refractivity contribution in [2.75, 3.05) is 67.0 Å². The van der Waals surface area contributed by atoms with Crippen molar-refractivity contribution in [2.45, 2.75) is 58.8 Å². The average Bonchev–Trinajstić information content (AvgIpc) is 2.89. The van der Waals surface area contributed by atoms with Gasteiger partial charge in [-0.3, -0.25) is 9.69 Å². The number of ether oxygens (including phenoxy) is 7. The predicted molar refractivity (Wildman–Crippen MR) is 137 cm³/mol. The molecule has 1 saturated heterocycles. The molecule has 0 bridgehead atoms. The number of benzene rings is 1. The molecule has 1 atom stereocenters. The van der Waals surface area contributed by atoms with Crippen LogP contribution in [0, 0.1) is 5.92 Å². The van der Waals surface area contributed by atoms with E-state index in [1.807, 2.05) is 18.2 Å². The fourth-order valence-electron chi connectivity index (χ4n) is 3.92. The molecule has 206 valence electrons. The van der Waals surface area contributed by atoms with Crippen molar-refractivity contribution < 1.29 is 38.0 Å². The molecule has 0 N–H and O–H groups in total. The summed E-state index contributed by atoms with van der Waals surface area (Å²) in [5.41, 5.74) is -0.140. The molecule has 9 nitrogen and oxygen atoms in total. The van der Waals surface area contributed by atoms with Crippen molar-refractivity contribution in [1.82, 2.24) is 4.90 Å². The molecule has 0 spiro atoms. The number of piperidine rings is 1. The van der Waals surface area contributed by atoms with Gasteiger partial charge >= 0.3 is 5.97 Å². The SMILES string of the molecule is CCC(C)(C)OC(C)N1CCC(C(=O)OCCOCCOCCOc2c(OC)cccc2OC)CC1. The fraction of sp³-hybridized carbons (Fsp3) is 0.741. The average molecular weight is 512 g/mol. The summed E-state index contributed by atoms with van der Waals surface area (Å²) >= 11 is 0. The minimum Gasteiger partial charge on any atom is -0.493 e. The van der Waals surface area contributed by atoms with E-state index in [1.165, 1.54) is 0 Å². The Balaban J connectivity index is 1.49. The zero-order chi connectivity index (χ0) is 26.4. The third kappa shape index (κ3) is 10.1. The van der Waals surface area contributed by atoms with Gasteiger partial charge in [-0.1, -0.05) is 13.0 Å². The molecule has 36 heavy (non-hydrogen) atoms. The lowest BCUT2D eigenvalue weighted by atomic mass is 9.97. The van der Waals surface area contributed by atoms with Crippen LogP contribution >= 0.6 is 0 Å². The molecule has 0 saturated carbocycles. The molecule has 1 fully saturated rings. The van der Waals surface area contributed by atoms with Crippen molar-refractivity contribution >= 4 is 5.97 Å². The Morgan fingerprint density at radius 3 is 2.08 bits per heavy atom. The summed E-state index contributed by atoms with van der Waals surface area (Å²) in [6.07, 6.45) is 2.58. The Kier molecular flexibility index (Phi) is 13.3. The molecule has 0 amide bonds. The molecule has 1 aromatic carbocycles. The number of esters is 1. The second-order valence-corrected chi connectivity index (χ2v) is 9.37. The third-order valence-corrected chi connectivity index (χ3v) is 6.42. The van der Waals surface area contributed by atoms with Crippen LogP contribution in [0.4, 0.5) is 0 Å². The second-order valence-electron chi connectivity index (χ2n) is 9.37. The van der Waals surface area contributed by atoms with Crippen LogP contribution in [0.5, 0.6) is 17.2 Å². The molecule has 9 heteroatoms. The largest absolute Gasteiger partial charge is 0.493 e. The molecule has 1 aliphatic rings. The molecule has 0 aliphatic carbocycles. The van der Waals surface area contributed by atoms with Gasteiger partial charge in [-0.15, -0.1) is 0 Å². The van der Waals surface area contributed by atoms with Gasteiger partial charge in [0.1, 0.15) is 19.4 Å². The van der Waals surface area contributed by atoms with Crippen LogP contribution in [0.2, 0.25) is 0 Å². The van der Waals surface area contributed by atoms with E-state index >= 15 is 0 Å². The maximum absolute atomic E-state index is 12.4. The number of likely N-dealkylation sites (tertiary alicyclic amines) is 1. The minimum atomic E-state index is -0.140. The van der Waals surface area contributed by atoms with Gasteiger partial charge < -0.3 is 33.2 Å². The molecule has 2 rings (SSSR count). The van der Waals surface area contributed by atoms with Crippen LogP contribution in [0.15, 0.2) is 18.2 Å². The maximum Gasteiger partial charge on any atom is 0.309 e. The van der Waals surface area contributed by atoms with Crippen LogP contribution in [-0.4, -0.2) is 89.6 Å². The topological polar surface area (TPSA) is 84.9 Å². The molecule has 1 unspecified atom stereocenters. The van der Waals surface area contributed by atoms with Crippen molar-refractivity contribution in [3.05, 3.63) is 18.2 Å². The number of carbonyl (C=O) groups is 1. The number of methoxy groups -OCH3 is 2. The zero-order valence-electron chi connectivity index (χ0n) is 22.9. The number of hydrogen-bond acceptors (Lipinski definition) is 9. The summed E-state index contributed by atoms with van der Waals surface area (Å²) in [7, 11) is 3.17. The summed E-state index contributed by atoms with van der Waals surface area (Å²) in [6, 6.07) is 5.46. The smallest absolute Gasteiger partial charge is 0.309 e. The first-order chi connectivity index (χ1) is 17.3. The minimum absolute atomic E-state index is 0.0445. The van der Waals surface area contributed by atoms with Gasteiger partial charge in [0.25, 0.3) is 0 Å². The molecule has 1 aliphatic heterocycles. The lowest BCUT2D eigenvalue weighted by Gasteiger charge is -2.38. The van der Waals surface area contributed by atoms with E-state index in [-0.39, 0.29) is 30.3 Å². The highest BCUT2D eigenvalue weighted by Gasteiger charge is 2.30. The molecular weight excluding hydrogens is 466 g/mol. The standard InChI is InChI=1S/C27H45NO8/c1-7-27(3,4)36-21(2)28-13-11-22(12-14-28)26(29)35-20-18-33-16-15-32-17-19-34-25-23(30-5)9-8-10-24(25)31-6/h8-10,21-22H,7,11-20H2,1-6H3. The summed E-state index contributed by atoms with van der Waals surface area (Å²) in [5, 5.41) is 0. The molecular formula is C27H45NO8. The Hall–Kier alpha value is -2.07. The van der Waals surface area contributed by atoms with Gasteiger partial charge in [0.05, 0.1) is 52.2 Å². The Morgan fingerprint density at radius 1 is 0.972 bits per heavy atom. The number of rotatable bonds is 17. The Bertz CT molecular complexity index is 742. The van der Waals surface area contributed by atoms with Crippen molar-refractivity contribution in [3.8, 4) is 17.2 Å². The van der Waals surface area contributed by atoms with Crippen molar-refractivity contribution in [2.24, 2.45) is 5.92 Å². The summed E-state index contributed by atoms with van der Waals surface area (Å²) in [4.78, 5) is 14.7. The van der Waals surface area contributed by atoms with Crippen molar-refractivity contribution in [3.63, 3.8) is 0 Å². The van der Waals surface area contributed by atoms with Crippen LogP contribution in [0.25, 0.3) is 0 Å². The zero-order valence-corrected chi connectivity index (χ0v) is 22.9. The van der Waals surface area contributed by atoms with Crippen LogP contribution in [0.3, 0.4) is 0 Å². The normalized spacial score (nSPS) is 15.9. The van der Waals surface area contributed by atoms with E-state index in [2.05, 4.69) is 32.6 Å². The first-order valence-corrected chi connectivity index (χ1v) is 12.9. The third-order valence-electron chi connectivity index (χ3n) is 6.42. The lowest BCUT2D eigenvalue weighted by molar-refractivity contribution is -0.158. The summed E-state index contributed by atoms with van der Waals surface area (Å²) in [6.45, 7) is 12.3. The highest BCUT2D eigenvalue weighted by Crippen LogP contribution is 2.36. The molecule has 1 aromatic rings. The van der Waals surface area contributed by atoms with E-state index < -0.39 is 0 Å². The predicted octanol–water partition coefficient (Wildman–Crippen LogP) is 3.92. The van der Waals surface area contributed by atoms with E-state index in [9.17, 15) is 4.79 Å². The lowest BCUT2D eigenvalue weighted by Crippen LogP contribution is -2.46. The molecule has 0 aromatic heterocycles. The monoisotopic (exact) mass is 511 g/mol. The molecule has 1 heterocycles. The van der Waals surface area contributed by atoms with E-state index in [0.29, 0.717) is 50.3 Å². The summed E-state index contributed by atoms with van der Waals surface area (Å²) < 4.78 is 39.0. The number of hydrogen-bond donors (Lipinski definition) is 0. The van der Waals surface area contributed by atoms with Gasteiger partial charge in [0.2, 0.25) is 5.75 Å². The number of para-hydroxylation sites is 1. The fourth-order valence-corrected chi connectivity index (χ4v) is 3.92. The highest BCUT2D eigenvalue weighted by atomic mass is 16.6. The second kappa shape index (κ2) is 15.9.